The normalized spacial score (nSPS) is 38.4. The number of carbonyl (C=O) groups excluding carboxylic acids is 1. The van der Waals surface area contributed by atoms with E-state index in [0.717, 1.165) is 32.5 Å². The Morgan fingerprint density at radius 3 is 2.95 bits per heavy atom. The molecule has 1 N–H and O–H groups in total. The van der Waals surface area contributed by atoms with E-state index in [2.05, 4.69) is 17.1 Å². The molecular formula is C16H28N2O2. The van der Waals surface area contributed by atoms with E-state index < -0.39 is 0 Å². The molecule has 0 aromatic carbocycles. The topological polar surface area (TPSA) is 41.6 Å². The highest BCUT2D eigenvalue weighted by Gasteiger charge is 2.37. The van der Waals surface area contributed by atoms with Crippen LogP contribution < -0.4 is 5.32 Å². The SMILES string of the molecule is CC1CCCNC1CC(=O)N1CCOC2CCCCC21. The summed E-state index contributed by atoms with van der Waals surface area (Å²) in [6.45, 7) is 4.85. The molecule has 4 heteroatoms. The second kappa shape index (κ2) is 6.44. The molecule has 0 bridgehead atoms. The van der Waals surface area contributed by atoms with Crippen LogP contribution in [0.15, 0.2) is 0 Å². The van der Waals surface area contributed by atoms with Crippen LogP contribution in [0.2, 0.25) is 0 Å². The average Bonchev–Trinajstić information content (AvgIpc) is 2.49. The van der Waals surface area contributed by atoms with Gasteiger partial charge in [0.05, 0.1) is 18.8 Å². The Balaban J connectivity index is 1.60. The van der Waals surface area contributed by atoms with E-state index >= 15 is 0 Å². The molecule has 2 heterocycles. The third kappa shape index (κ3) is 3.01. The third-order valence-corrected chi connectivity index (χ3v) is 5.38. The first-order valence-corrected chi connectivity index (χ1v) is 8.40. The zero-order chi connectivity index (χ0) is 13.9. The lowest BCUT2D eigenvalue weighted by Crippen LogP contribution is -2.56. The quantitative estimate of drug-likeness (QED) is 0.840. The summed E-state index contributed by atoms with van der Waals surface area (Å²) >= 11 is 0. The van der Waals surface area contributed by atoms with Crippen LogP contribution in [0.4, 0.5) is 0 Å². The minimum Gasteiger partial charge on any atom is -0.374 e. The first kappa shape index (κ1) is 14.3. The number of hydrogen-bond acceptors (Lipinski definition) is 3. The molecule has 4 atom stereocenters. The summed E-state index contributed by atoms with van der Waals surface area (Å²) in [5.41, 5.74) is 0. The molecule has 4 nitrogen and oxygen atoms in total. The summed E-state index contributed by atoms with van der Waals surface area (Å²) in [6, 6.07) is 0.727. The zero-order valence-corrected chi connectivity index (χ0v) is 12.6. The molecule has 0 aromatic heterocycles. The molecule has 2 saturated heterocycles. The fourth-order valence-corrected chi connectivity index (χ4v) is 4.10. The second-order valence-corrected chi connectivity index (χ2v) is 6.73. The Labute approximate surface area is 122 Å². The van der Waals surface area contributed by atoms with Crippen LogP contribution >= 0.6 is 0 Å². The van der Waals surface area contributed by atoms with E-state index in [0.29, 0.717) is 36.4 Å². The molecule has 4 unspecified atom stereocenters. The van der Waals surface area contributed by atoms with E-state index in [1.807, 2.05) is 0 Å². The molecule has 1 saturated carbocycles. The lowest BCUT2D eigenvalue weighted by Gasteiger charge is -2.44. The van der Waals surface area contributed by atoms with Crippen LogP contribution in [-0.2, 0) is 9.53 Å². The summed E-state index contributed by atoms with van der Waals surface area (Å²) in [5, 5.41) is 3.53. The van der Waals surface area contributed by atoms with Crippen molar-refractivity contribution >= 4 is 5.91 Å². The molecule has 20 heavy (non-hydrogen) atoms. The predicted molar refractivity (Wildman–Crippen MR) is 78.5 cm³/mol. The van der Waals surface area contributed by atoms with Crippen molar-refractivity contribution < 1.29 is 9.53 Å². The molecule has 3 aliphatic rings. The number of nitrogens with zero attached hydrogens (tertiary/aromatic N) is 1. The van der Waals surface area contributed by atoms with Gasteiger partial charge in [0.15, 0.2) is 0 Å². The van der Waals surface area contributed by atoms with E-state index in [1.165, 1.54) is 25.7 Å². The number of amides is 1. The van der Waals surface area contributed by atoms with E-state index in [1.54, 1.807) is 0 Å². The number of carbonyl (C=O) groups is 1. The Kier molecular flexibility index (Phi) is 4.61. The van der Waals surface area contributed by atoms with E-state index in [-0.39, 0.29) is 0 Å². The van der Waals surface area contributed by atoms with Crippen LogP contribution in [0.5, 0.6) is 0 Å². The summed E-state index contributed by atoms with van der Waals surface area (Å²) in [6.07, 6.45) is 8.23. The van der Waals surface area contributed by atoms with Crippen LogP contribution in [0.3, 0.4) is 0 Å². The van der Waals surface area contributed by atoms with Crippen molar-refractivity contribution in [3.63, 3.8) is 0 Å². The zero-order valence-electron chi connectivity index (χ0n) is 12.6. The maximum absolute atomic E-state index is 12.7. The van der Waals surface area contributed by atoms with Gasteiger partial charge in [0.25, 0.3) is 0 Å². The Morgan fingerprint density at radius 2 is 2.10 bits per heavy atom. The molecule has 114 valence electrons. The molecule has 0 aromatic rings. The van der Waals surface area contributed by atoms with Gasteiger partial charge < -0.3 is 15.0 Å². The van der Waals surface area contributed by atoms with Gasteiger partial charge in [-0.15, -0.1) is 0 Å². The third-order valence-electron chi connectivity index (χ3n) is 5.38. The highest BCUT2D eigenvalue weighted by atomic mass is 16.5. The minimum absolute atomic E-state index is 0.304. The van der Waals surface area contributed by atoms with Crippen LogP contribution in [0.1, 0.15) is 51.9 Å². The van der Waals surface area contributed by atoms with Crippen molar-refractivity contribution in [2.75, 3.05) is 19.7 Å². The summed E-state index contributed by atoms with van der Waals surface area (Å²) in [4.78, 5) is 14.8. The molecule has 1 aliphatic carbocycles. The van der Waals surface area contributed by atoms with Gasteiger partial charge in [-0.05, 0) is 38.1 Å². The largest absolute Gasteiger partial charge is 0.374 e. The molecular weight excluding hydrogens is 252 g/mol. The average molecular weight is 280 g/mol. The number of rotatable bonds is 2. The summed E-state index contributed by atoms with van der Waals surface area (Å²) in [5.74, 6) is 0.965. The number of hydrogen-bond donors (Lipinski definition) is 1. The smallest absolute Gasteiger partial charge is 0.224 e. The fraction of sp³-hybridized carbons (Fsp3) is 0.938. The van der Waals surface area contributed by atoms with Crippen molar-refractivity contribution in [2.45, 2.75) is 70.1 Å². The van der Waals surface area contributed by atoms with Gasteiger partial charge in [-0.2, -0.15) is 0 Å². The number of ether oxygens (including phenoxy) is 1. The highest BCUT2D eigenvalue weighted by Crippen LogP contribution is 2.29. The van der Waals surface area contributed by atoms with Gasteiger partial charge in [-0.1, -0.05) is 19.8 Å². The van der Waals surface area contributed by atoms with Gasteiger partial charge in [0.1, 0.15) is 0 Å². The van der Waals surface area contributed by atoms with Gasteiger partial charge in [0.2, 0.25) is 5.91 Å². The monoisotopic (exact) mass is 280 g/mol. The van der Waals surface area contributed by atoms with Crippen LogP contribution in [-0.4, -0.2) is 48.7 Å². The lowest BCUT2D eigenvalue weighted by molar-refractivity contribution is -0.150. The van der Waals surface area contributed by atoms with E-state index in [9.17, 15) is 4.79 Å². The Bertz CT molecular complexity index is 345. The van der Waals surface area contributed by atoms with Crippen molar-refractivity contribution in [3.8, 4) is 0 Å². The first-order chi connectivity index (χ1) is 9.75. The predicted octanol–water partition coefficient (Wildman–Crippen LogP) is 1.93. The summed E-state index contributed by atoms with van der Waals surface area (Å²) < 4.78 is 5.86. The second-order valence-electron chi connectivity index (χ2n) is 6.73. The van der Waals surface area contributed by atoms with Crippen molar-refractivity contribution in [1.82, 2.24) is 10.2 Å². The Hall–Kier alpha value is -0.610. The molecule has 0 radical (unpaired) electrons. The van der Waals surface area contributed by atoms with Gasteiger partial charge in [-0.3, -0.25) is 4.79 Å². The van der Waals surface area contributed by atoms with Crippen LogP contribution in [0, 0.1) is 5.92 Å². The number of morpholine rings is 1. The maximum atomic E-state index is 12.7. The first-order valence-electron chi connectivity index (χ1n) is 8.40. The fourth-order valence-electron chi connectivity index (χ4n) is 4.10. The van der Waals surface area contributed by atoms with Crippen molar-refractivity contribution in [2.24, 2.45) is 5.92 Å². The van der Waals surface area contributed by atoms with Gasteiger partial charge in [0, 0.05) is 19.0 Å². The van der Waals surface area contributed by atoms with Crippen molar-refractivity contribution in [3.05, 3.63) is 0 Å². The molecule has 3 rings (SSSR count). The molecule has 3 fully saturated rings. The number of nitrogens with one attached hydrogen (secondary N) is 1. The summed E-state index contributed by atoms with van der Waals surface area (Å²) in [7, 11) is 0. The van der Waals surface area contributed by atoms with Crippen molar-refractivity contribution in [1.29, 1.82) is 0 Å². The molecule has 2 aliphatic heterocycles. The maximum Gasteiger partial charge on any atom is 0.224 e. The number of piperidine rings is 1. The molecule has 1 amide bonds. The standard InChI is InChI=1S/C16H28N2O2/c1-12-5-4-8-17-13(12)11-16(19)18-9-10-20-15-7-3-2-6-14(15)18/h12-15,17H,2-11H2,1H3. The highest BCUT2D eigenvalue weighted by molar-refractivity contribution is 5.77. The Morgan fingerprint density at radius 1 is 1.25 bits per heavy atom. The van der Waals surface area contributed by atoms with Crippen LogP contribution in [0.25, 0.3) is 0 Å². The van der Waals surface area contributed by atoms with Gasteiger partial charge >= 0.3 is 0 Å². The number of fused-ring (bicyclic) bond motifs is 1. The lowest BCUT2D eigenvalue weighted by atomic mass is 9.88. The van der Waals surface area contributed by atoms with E-state index in [4.69, 9.17) is 4.74 Å². The van der Waals surface area contributed by atoms with Gasteiger partial charge in [-0.25, -0.2) is 0 Å². The minimum atomic E-state index is 0.304. The molecule has 0 spiro atoms.